The Bertz CT molecular complexity index is 1330. The number of hydrogen-bond donors (Lipinski definition) is 1. The average Bonchev–Trinajstić information content (AvgIpc) is 3.15. The average molecular weight is 443 g/mol. The Morgan fingerprint density at radius 2 is 1.81 bits per heavy atom. The van der Waals surface area contributed by atoms with Crippen molar-refractivity contribution in [2.75, 3.05) is 11.1 Å². The van der Waals surface area contributed by atoms with E-state index in [0.29, 0.717) is 28.7 Å². The molecule has 2 aromatic carbocycles. The summed E-state index contributed by atoms with van der Waals surface area (Å²) in [7, 11) is 0. The molecular weight excluding hydrogens is 424 g/mol. The highest BCUT2D eigenvalue weighted by atomic mass is 32.2. The van der Waals surface area contributed by atoms with E-state index in [1.807, 2.05) is 13.8 Å². The number of fused-ring (bicyclic) bond motifs is 3. The van der Waals surface area contributed by atoms with Gasteiger partial charge in [0, 0.05) is 12.2 Å². The molecule has 2 aromatic heterocycles. The molecule has 0 aliphatic rings. The maximum atomic E-state index is 13.9. The van der Waals surface area contributed by atoms with Crippen molar-refractivity contribution in [3.05, 3.63) is 64.5 Å². The van der Waals surface area contributed by atoms with Gasteiger partial charge in [-0.25, -0.2) is 8.78 Å². The van der Waals surface area contributed by atoms with Crippen molar-refractivity contribution in [1.82, 2.24) is 19.2 Å². The Labute approximate surface area is 180 Å². The minimum absolute atomic E-state index is 0.0180. The summed E-state index contributed by atoms with van der Waals surface area (Å²) in [6.07, 6.45) is 0. The highest BCUT2D eigenvalue weighted by Gasteiger charge is 2.18. The van der Waals surface area contributed by atoms with Crippen molar-refractivity contribution in [3.8, 4) is 0 Å². The molecule has 0 radical (unpaired) electrons. The Hall–Kier alpha value is -3.27. The minimum atomic E-state index is -0.513. The first-order valence-corrected chi connectivity index (χ1v) is 10.6. The van der Waals surface area contributed by atoms with Gasteiger partial charge in [-0.05, 0) is 48.4 Å². The number of benzene rings is 2. The number of thioether (sulfide) groups is 1. The number of aromatic nitrogens is 4. The van der Waals surface area contributed by atoms with Gasteiger partial charge in [-0.3, -0.25) is 18.6 Å². The number of carbonyl (C=O) groups is 1. The molecule has 31 heavy (non-hydrogen) atoms. The first-order valence-electron chi connectivity index (χ1n) is 9.59. The van der Waals surface area contributed by atoms with Gasteiger partial charge in [-0.2, -0.15) is 0 Å². The van der Waals surface area contributed by atoms with Crippen molar-refractivity contribution in [2.45, 2.75) is 25.5 Å². The van der Waals surface area contributed by atoms with Crippen molar-refractivity contribution < 1.29 is 13.6 Å². The summed E-state index contributed by atoms with van der Waals surface area (Å²) < 4.78 is 30.0. The minimum Gasteiger partial charge on any atom is -0.325 e. The topological polar surface area (TPSA) is 81.3 Å². The number of hydrogen-bond acceptors (Lipinski definition) is 5. The van der Waals surface area contributed by atoms with Gasteiger partial charge in [0.1, 0.15) is 11.6 Å². The van der Waals surface area contributed by atoms with Crippen LogP contribution in [0.5, 0.6) is 0 Å². The number of anilines is 1. The van der Waals surface area contributed by atoms with E-state index in [4.69, 9.17) is 0 Å². The second-order valence-corrected chi connectivity index (χ2v) is 8.38. The van der Waals surface area contributed by atoms with E-state index in [-0.39, 0.29) is 28.5 Å². The maximum Gasteiger partial charge on any atom is 0.262 e. The van der Waals surface area contributed by atoms with Crippen molar-refractivity contribution in [2.24, 2.45) is 5.92 Å². The summed E-state index contributed by atoms with van der Waals surface area (Å²) in [5.74, 6) is -0.705. The number of halogens is 2. The summed E-state index contributed by atoms with van der Waals surface area (Å²) in [4.78, 5) is 25.3. The molecular formula is C21H19F2N5O2S. The number of nitrogens with zero attached hydrogens (tertiary/aromatic N) is 4. The largest absolute Gasteiger partial charge is 0.325 e. The van der Waals surface area contributed by atoms with Crippen LogP contribution in [0.25, 0.3) is 16.7 Å². The first-order chi connectivity index (χ1) is 14.8. The van der Waals surface area contributed by atoms with Gasteiger partial charge < -0.3 is 5.32 Å². The lowest BCUT2D eigenvalue weighted by atomic mass is 10.2. The summed E-state index contributed by atoms with van der Waals surface area (Å²) in [6.45, 7) is 4.32. The van der Waals surface area contributed by atoms with Gasteiger partial charge in [-0.1, -0.05) is 25.6 Å². The summed E-state index contributed by atoms with van der Waals surface area (Å²) >= 11 is 1.13. The molecule has 0 spiro atoms. The molecule has 7 nitrogen and oxygen atoms in total. The van der Waals surface area contributed by atoms with Crippen molar-refractivity contribution in [3.63, 3.8) is 0 Å². The van der Waals surface area contributed by atoms with E-state index in [0.717, 1.165) is 11.8 Å². The fourth-order valence-corrected chi connectivity index (χ4v) is 3.98. The Balaban J connectivity index is 1.69. The molecule has 0 unspecified atom stereocenters. The van der Waals surface area contributed by atoms with Crippen LogP contribution in [-0.4, -0.2) is 30.8 Å². The third kappa shape index (κ3) is 4.29. The third-order valence-electron chi connectivity index (χ3n) is 4.54. The molecule has 0 aliphatic heterocycles. The zero-order valence-corrected chi connectivity index (χ0v) is 17.6. The van der Waals surface area contributed by atoms with E-state index in [9.17, 15) is 18.4 Å². The third-order valence-corrected chi connectivity index (χ3v) is 5.47. The molecule has 1 amide bonds. The van der Waals surface area contributed by atoms with Crippen LogP contribution in [0.2, 0.25) is 0 Å². The fourth-order valence-electron chi connectivity index (χ4n) is 3.24. The number of amides is 1. The Kier molecular flexibility index (Phi) is 5.73. The lowest BCUT2D eigenvalue weighted by Gasteiger charge is -2.13. The monoisotopic (exact) mass is 443 g/mol. The van der Waals surface area contributed by atoms with Crippen LogP contribution in [-0.2, 0) is 11.3 Å². The molecule has 0 fully saturated rings. The smallest absolute Gasteiger partial charge is 0.262 e. The van der Waals surface area contributed by atoms with Crippen LogP contribution >= 0.6 is 11.8 Å². The zero-order valence-electron chi connectivity index (χ0n) is 16.8. The Morgan fingerprint density at radius 1 is 1.10 bits per heavy atom. The van der Waals surface area contributed by atoms with E-state index >= 15 is 0 Å². The highest BCUT2D eigenvalue weighted by Crippen LogP contribution is 2.23. The van der Waals surface area contributed by atoms with Crippen molar-refractivity contribution >= 4 is 40.0 Å². The van der Waals surface area contributed by atoms with Crippen molar-refractivity contribution in [1.29, 1.82) is 0 Å². The summed E-state index contributed by atoms with van der Waals surface area (Å²) in [5, 5.41) is 11.6. The van der Waals surface area contributed by atoms with Crippen LogP contribution in [0, 0.1) is 17.6 Å². The van der Waals surface area contributed by atoms with E-state index in [2.05, 4.69) is 15.5 Å². The molecule has 0 saturated heterocycles. The van der Waals surface area contributed by atoms with Gasteiger partial charge in [-0.15, -0.1) is 10.2 Å². The number of nitrogens with one attached hydrogen (secondary N) is 1. The van der Waals surface area contributed by atoms with Crippen LogP contribution in [0.4, 0.5) is 14.5 Å². The van der Waals surface area contributed by atoms with Gasteiger partial charge in [0.05, 0.1) is 16.7 Å². The lowest BCUT2D eigenvalue weighted by Crippen LogP contribution is -2.25. The van der Waals surface area contributed by atoms with Crippen LogP contribution in [0.1, 0.15) is 13.8 Å². The van der Waals surface area contributed by atoms with Gasteiger partial charge in [0.2, 0.25) is 11.7 Å². The molecule has 0 bridgehead atoms. The molecule has 4 rings (SSSR count). The summed E-state index contributed by atoms with van der Waals surface area (Å²) in [6, 6.07) is 9.42. The molecule has 0 atom stereocenters. The second kappa shape index (κ2) is 8.46. The molecule has 0 saturated carbocycles. The second-order valence-electron chi connectivity index (χ2n) is 7.43. The zero-order chi connectivity index (χ0) is 22.1. The summed E-state index contributed by atoms with van der Waals surface area (Å²) in [5.41, 5.74) is 0.603. The maximum absolute atomic E-state index is 13.9. The highest BCUT2D eigenvalue weighted by molar-refractivity contribution is 7.99. The molecule has 10 heteroatoms. The molecule has 2 heterocycles. The first kappa shape index (κ1) is 21.0. The van der Waals surface area contributed by atoms with Gasteiger partial charge in [0.15, 0.2) is 5.16 Å². The SMILES string of the molecule is CC(C)Cn1c(=O)c2cc(F)ccc2n2c(SCC(=O)Nc3ccc(F)cc3)nnc12. The molecule has 160 valence electrons. The normalized spacial score (nSPS) is 11.5. The van der Waals surface area contributed by atoms with E-state index in [1.165, 1.54) is 47.0 Å². The lowest BCUT2D eigenvalue weighted by molar-refractivity contribution is -0.113. The van der Waals surface area contributed by atoms with E-state index in [1.54, 1.807) is 4.40 Å². The Morgan fingerprint density at radius 3 is 2.52 bits per heavy atom. The molecule has 1 N–H and O–H groups in total. The van der Waals surface area contributed by atoms with Gasteiger partial charge >= 0.3 is 0 Å². The number of carbonyl (C=O) groups excluding carboxylic acids is 1. The predicted molar refractivity (Wildman–Crippen MR) is 115 cm³/mol. The standard InChI is InChI=1S/C21H19F2N5O2S/c1-12(2)10-27-19(30)16-9-14(23)5-8-17(16)28-20(27)25-26-21(28)31-11-18(29)24-15-6-3-13(22)4-7-15/h3-9,12H,10-11H2,1-2H3,(H,24,29). The van der Waals surface area contributed by atoms with Gasteiger partial charge in [0.25, 0.3) is 5.56 Å². The van der Waals surface area contributed by atoms with Crippen LogP contribution in [0.3, 0.4) is 0 Å². The number of rotatable bonds is 6. The molecule has 4 aromatic rings. The quantitative estimate of drug-likeness (QED) is 0.460. The molecule has 0 aliphatic carbocycles. The predicted octanol–water partition coefficient (Wildman–Crippen LogP) is 3.71. The fraction of sp³-hybridized carbons (Fsp3) is 0.238. The van der Waals surface area contributed by atoms with E-state index < -0.39 is 11.6 Å². The van der Waals surface area contributed by atoms with Crippen LogP contribution in [0.15, 0.2) is 52.4 Å². The van der Waals surface area contributed by atoms with Crippen LogP contribution < -0.4 is 10.9 Å².